The van der Waals surface area contributed by atoms with Crippen LogP contribution in [0.1, 0.15) is 45.1 Å². The van der Waals surface area contributed by atoms with Gasteiger partial charge in [0, 0.05) is 30.8 Å². The molecule has 1 atom stereocenters. The highest BCUT2D eigenvalue weighted by Gasteiger charge is 2.25. The molecule has 0 aliphatic carbocycles. The summed E-state index contributed by atoms with van der Waals surface area (Å²) in [5.41, 5.74) is 1.20. The van der Waals surface area contributed by atoms with Crippen LogP contribution in [-0.4, -0.2) is 53.6 Å². The molecule has 0 fully saturated rings. The van der Waals surface area contributed by atoms with E-state index in [4.69, 9.17) is 0 Å². The van der Waals surface area contributed by atoms with Crippen molar-refractivity contribution in [1.29, 1.82) is 0 Å². The maximum absolute atomic E-state index is 12.6. The molecule has 0 bridgehead atoms. The Morgan fingerprint density at radius 1 is 0.972 bits per heavy atom. The average molecular weight is 502 g/mol. The van der Waals surface area contributed by atoms with E-state index in [1.807, 2.05) is 0 Å². The van der Waals surface area contributed by atoms with Crippen molar-refractivity contribution in [2.45, 2.75) is 52.2 Å². The highest BCUT2D eigenvalue weighted by atomic mass is 16.7. The van der Waals surface area contributed by atoms with Crippen molar-refractivity contribution in [3.63, 3.8) is 0 Å². The minimum atomic E-state index is -0.804. The highest BCUT2D eigenvalue weighted by Crippen LogP contribution is 2.11. The third-order valence-electron chi connectivity index (χ3n) is 5.40. The van der Waals surface area contributed by atoms with Crippen molar-refractivity contribution in [2.75, 3.05) is 18.4 Å². The second kappa shape index (κ2) is 14.3. The van der Waals surface area contributed by atoms with Crippen molar-refractivity contribution in [3.8, 4) is 0 Å². The second-order valence-electron chi connectivity index (χ2n) is 8.57. The Bertz CT molecular complexity index is 973. The van der Waals surface area contributed by atoms with Crippen LogP contribution in [0.2, 0.25) is 0 Å². The second-order valence-corrected chi connectivity index (χ2v) is 8.57. The van der Waals surface area contributed by atoms with Gasteiger partial charge in [-0.3, -0.25) is 28.9 Å². The van der Waals surface area contributed by atoms with Crippen molar-refractivity contribution >= 4 is 35.2 Å². The fourth-order valence-corrected chi connectivity index (χ4v) is 3.43. The molecule has 1 aliphatic heterocycles. The molecule has 1 heterocycles. The lowest BCUT2D eigenvalue weighted by atomic mass is 10.0. The number of carbonyl (C=O) groups is 5. The molecule has 0 saturated carbocycles. The molecule has 0 aromatic heterocycles. The summed E-state index contributed by atoms with van der Waals surface area (Å²) in [7, 11) is 0. The van der Waals surface area contributed by atoms with Crippen LogP contribution in [0.25, 0.3) is 0 Å². The summed E-state index contributed by atoms with van der Waals surface area (Å²) in [6.07, 6.45) is 4.44. The van der Waals surface area contributed by atoms with Crippen LogP contribution >= 0.6 is 0 Å². The predicted octanol–water partition coefficient (Wildman–Crippen LogP) is 1.57. The van der Waals surface area contributed by atoms with Crippen LogP contribution in [0.15, 0.2) is 41.8 Å². The van der Waals surface area contributed by atoms with Crippen molar-refractivity contribution in [1.82, 2.24) is 15.5 Å². The first-order valence-corrected chi connectivity index (χ1v) is 11.6. The number of unbranched alkanes of at least 4 members (excludes halogenated alkanes) is 2. The van der Waals surface area contributed by atoms with Crippen LogP contribution < -0.4 is 16.0 Å². The number of amides is 5. The van der Waals surface area contributed by atoms with Crippen molar-refractivity contribution in [3.05, 3.63) is 46.9 Å². The molecule has 1 aromatic carbocycles. The molecular formula is C24H31N5O7. The maximum atomic E-state index is 12.6. The lowest BCUT2D eigenvalue weighted by Gasteiger charge is -2.21. The van der Waals surface area contributed by atoms with Gasteiger partial charge in [-0.25, -0.2) is 0 Å². The molecule has 2 rings (SSSR count). The van der Waals surface area contributed by atoms with Crippen LogP contribution in [0, 0.1) is 10.8 Å². The Kier molecular flexibility index (Phi) is 11.2. The summed E-state index contributed by atoms with van der Waals surface area (Å²) >= 11 is 0. The number of rotatable bonds is 15. The standard InChI is InChI=1S/C24H31N5O7/c1-16(2)23(27-19(30)6-4-3-5-13-29-21(32)11-12-22(29)33)24(34)25-14-20(31)26-18-9-7-17(8-10-18)15-36-28-35/h7-12,16,23H,3-6,13-15H2,1-2H3,(H,25,34)(H,26,31)(H,27,30). The van der Waals surface area contributed by atoms with Gasteiger partial charge in [-0.2, -0.15) is 0 Å². The van der Waals surface area contributed by atoms with Gasteiger partial charge >= 0.3 is 0 Å². The van der Waals surface area contributed by atoms with Crippen LogP contribution in [0.4, 0.5) is 5.69 Å². The van der Waals surface area contributed by atoms with E-state index in [1.54, 1.807) is 38.1 Å². The lowest BCUT2D eigenvalue weighted by molar-refractivity contribution is -0.137. The quantitative estimate of drug-likeness (QED) is 0.142. The number of anilines is 1. The zero-order chi connectivity index (χ0) is 26.5. The number of nitrogens with one attached hydrogen (secondary N) is 3. The molecule has 1 aromatic rings. The molecule has 12 nitrogen and oxygen atoms in total. The van der Waals surface area contributed by atoms with Gasteiger partial charge in [0.2, 0.25) is 17.7 Å². The normalized spacial score (nSPS) is 13.5. The first kappa shape index (κ1) is 28.1. The Morgan fingerprint density at radius 3 is 2.25 bits per heavy atom. The van der Waals surface area contributed by atoms with Gasteiger partial charge in [0.05, 0.1) is 6.54 Å². The SMILES string of the molecule is CC(C)C(NC(=O)CCCCCN1C(=O)C=CC1=O)C(=O)NCC(=O)Nc1ccc(CON=O)cc1. The van der Waals surface area contributed by atoms with Crippen LogP contribution in [0.5, 0.6) is 0 Å². The molecule has 0 radical (unpaired) electrons. The summed E-state index contributed by atoms with van der Waals surface area (Å²) in [6, 6.07) is 5.76. The summed E-state index contributed by atoms with van der Waals surface area (Å²) in [5, 5.41) is 10.2. The third-order valence-corrected chi connectivity index (χ3v) is 5.40. The van der Waals surface area contributed by atoms with E-state index in [9.17, 15) is 28.9 Å². The van der Waals surface area contributed by atoms with E-state index in [1.165, 1.54) is 12.2 Å². The van der Waals surface area contributed by atoms with Gasteiger partial charge in [0.1, 0.15) is 12.6 Å². The lowest BCUT2D eigenvalue weighted by Crippen LogP contribution is -2.51. The molecule has 1 unspecified atom stereocenters. The Hall–Kier alpha value is -4.09. The minimum absolute atomic E-state index is 0.0223. The first-order chi connectivity index (χ1) is 17.2. The topological polar surface area (TPSA) is 163 Å². The van der Waals surface area contributed by atoms with E-state index in [2.05, 4.69) is 26.1 Å². The highest BCUT2D eigenvalue weighted by molar-refractivity contribution is 6.12. The third kappa shape index (κ3) is 9.28. The number of nitrogens with zero attached hydrogens (tertiary/aromatic N) is 2. The van der Waals surface area contributed by atoms with E-state index < -0.39 is 17.9 Å². The Morgan fingerprint density at radius 2 is 1.64 bits per heavy atom. The number of carbonyl (C=O) groups excluding carboxylic acids is 5. The Balaban J connectivity index is 1.69. The summed E-state index contributed by atoms with van der Waals surface area (Å²) in [6.45, 7) is 3.62. The average Bonchev–Trinajstić information content (AvgIpc) is 3.17. The van der Waals surface area contributed by atoms with E-state index in [-0.39, 0.29) is 43.2 Å². The van der Waals surface area contributed by atoms with E-state index in [0.717, 1.165) is 4.90 Å². The van der Waals surface area contributed by atoms with Gasteiger partial charge in [-0.15, -0.1) is 4.91 Å². The van der Waals surface area contributed by atoms with Gasteiger partial charge in [-0.1, -0.05) is 32.4 Å². The zero-order valence-corrected chi connectivity index (χ0v) is 20.3. The maximum Gasteiger partial charge on any atom is 0.253 e. The predicted molar refractivity (Wildman–Crippen MR) is 130 cm³/mol. The molecular weight excluding hydrogens is 470 g/mol. The largest absolute Gasteiger partial charge is 0.359 e. The van der Waals surface area contributed by atoms with E-state index in [0.29, 0.717) is 37.1 Å². The number of imide groups is 1. The fourth-order valence-electron chi connectivity index (χ4n) is 3.43. The minimum Gasteiger partial charge on any atom is -0.359 e. The smallest absolute Gasteiger partial charge is 0.253 e. The zero-order valence-electron chi connectivity index (χ0n) is 20.3. The fraction of sp³-hybridized carbons (Fsp3) is 0.458. The van der Waals surface area contributed by atoms with Gasteiger partial charge in [-0.05, 0) is 36.5 Å². The molecule has 36 heavy (non-hydrogen) atoms. The number of benzene rings is 1. The molecule has 12 heteroatoms. The molecule has 0 saturated heterocycles. The summed E-state index contributed by atoms with van der Waals surface area (Å²) < 4.78 is 0. The Labute approximate surface area is 208 Å². The van der Waals surface area contributed by atoms with Gasteiger partial charge in [0.15, 0.2) is 5.34 Å². The van der Waals surface area contributed by atoms with Crippen molar-refractivity contribution in [2.24, 2.45) is 11.3 Å². The van der Waals surface area contributed by atoms with Gasteiger partial charge in [0.25, 0.3) is 11.8 Å². The molecule has 0 spiro atoms. The van der Waals surface area contributed by atoms with E-state index >= 15 is 0 Å². The summed E-state index contributed by atoms with van der Waals surface area (Å²) in [4.78, 5) is 75.7. The summed E-state index contributed by atoms with van der Waals surface area (Å²) in [5.74, 6) is -2.06. The monoisotopic (exact) mass is 501 g/mol. The van der Waals surface area contributed by atoms with Crippen LogP contribution in [-0.2, 0) is 35.4 Å². The van der Waals surface area contributed by atoms with Gasteiger partial charge < -0.3 is 20.8 Å². The van der Waals surface area contributed by atoms with Crippen LogP contribution in [0.3, 0.4) is 0 Å². The van der Waals surface area contributed by atoms with Crippen molar-refractivity contribution < 1.29 is 28.8 Å². The molecule has 194 valence electrons. The molecule has 5 amide bonds. The number of hydrogen-bond acceptors (Lipinski definition) is 8. The first-order valence-electron chi connectivity index (χ1n) is 11.6. The number of hydrogen-bond donors (Lipinski definition) is 3. The molecule has 3 N–H and O–H groups in total. The molecule has 1 aliphatic rings.